The van der Waals surface area contributed by atoms with Gasteiger partial charge in [-0.3, -0.25) is 4.79 Å². The monoisotopic (exact) mass is 417 g/mol. The first kappa shape index (κ1) is 16.9. The van der Waals surface area contributed by atoms with Crippen LogP contribution in [0.2, 0.25) is 0 Å². The summed E-state index contributed by atoms with van der Waals surface area (Å²) in [6.45, 7) is 2.88. The molecule has 3 aromatic rings. The summed E-state index contributed by atoms with van der Waals surface area (Å²) in [7, 11) is 0. The number of hydrogen-bond donors (Lipinski definition) is 1. The van der Waals surface area contributed by atoms with E-state index in [4.69, 9.17) is 13.6 Å². The number of fused-ring (bicyclic) bond motifs is 1. The Morgan fingerprint density at radius 1 is 1.19 bits per heavy atom. The smallest absolute Gasteiger partial charge is 0.307 e. The number of anilines is 1. The van der Waals surface area contributed by atoms with Crippen LogP contribution in [0.3, 0.4) is 0 Å². The third-order valence-electron chi connectivity index (χ3n) is 3.99. The predicted molar refractivity (Wildman–Crippen MR) is 101 cm³/mol. The third-order valence-corrected chi connectivity index (χ3v) is 4.56. The first-order chi connectivity index (χ1) is 12.7. The first-order valence-corrected chi connectivity index (χ1v) is 8.94. The van der Waals surface area contributed by atoms with E-state index in [-0.39, 0.29) is 5.76 Å². The van der Waals surface area contributed by atoms with Crippen LogP contribution in [0.25, 0.3) is 11.0 Å². The van der Waals surface area contributed by atoms with E-state index in [1.54, 1.807) is 6.07 Å². The third kappa shape index (κ3) is 3.51. The van der Waals surface area contributed by atoms with Gasteiger partial charge < -0.3 is 18.5 Å². The van der Waals surface area contributed by atoms with Gasteiger partial charge in [0.15, 0.2) is 11.5 Å². The molecule has 0 atom stereocenters. The van der Waals surface area contributed by atoms with Gasteiger partial charge in [-0.2, -0.15) is 5.10 Å². The predicted octanol–water partition coefficient (Wildman–Crippen LogP) is 3.39. The standard InChI is InChI=1S/C18H16BrN3O4/c19-14-10-13(25-18(14)22-5-7-24-8-6-22)11-20-21-17(23)16-9-12-3-1-2-4-15(12)26-16/h1-4,9-11H,5-8H2,(H,21,23)/b20-11-. The molecule has 134 valence electrons. The average Bonchev–Trinajstić information content (AvgIpc) is 3.26. The molecule has 7 nitrogen and oxygen atoms in total. The zero-order chi connectivity index (χ0) is 17.9. The molecule has 1 aliphatic rings. The molecule has 0 spiro atoms. The highest BCUT2D eigenvalue weighted by molar-refractivity contribution is 9.10. The number of nitrogens with one attached hydrogen (secondary N) is 1. The van der Waals surface area contributed by atoms with Gasteiger partial charge in [-0.25, -0.2) is 5.43 Å². The summed E-state index contributed by atoms with van der Waals surface area (Å²) in [5.41, 5.74) is 3.10. The summed E-state index contributed by atoms with van der Waals surface area (Å²) in [5, 5.41) is 4.81. The highest BCUT2D eigenvalue weighted by Crippen LogP contribution is 2.30. The molecular weight excluding hydrogens is 402 g/mol. The van der Waals surface area contributed by atoms with Crippen LogP contribution < -0.4 is 10.3 Å². The molecule has 1 aromatic carbocycles. The molecule has 0 bridgehead atoms. The minimum atomic E-state index is -0.420. The normalized spacial score (nSPS) is 15.0. The number of hydrazone groups is 1. The van der Waals surface area contributed by atoms with Gasteiger partial charge in [-0.05, 0) is 28.1 Å². The van der Waals surface area contributed by atoms with E-state index in [1.807, 2.05) is 30.3 Å². The number of carbonyl (C=O) groups excluding carboxylic acids is 1. The Balaban J connectivity index is 1.42. The lowest BCUT2D eigenvalue weighted by atomic mass is 10.2. The molecule has 0 radical (unpaired) electrons. The number of amides is 1. The molecule has 0 unspecified atom stereocenters. The van der Waals surface area contributed by atoms with Crippen LogP contribution in [-0.4, -0.2) is 38.4 Å². The SMILES string of the molecule is O=C(N/N=C\c1cc(Br)c(N2CCOCC2)o1)c1cc2ccccc2o1. The number of morpholine rings is 1. The number of hydrogen-bond acceptors (Lipinski definition) is 6. The van der Waals surface area contributed by atoms with Crippen molar-refractivity contribution in [2.75, 3.05) is 31.2 Å². The molecule has 8 heteroatoms. The van der Waals surface area contributed by atoms with E-state index in [9.17, 15) is 4.79 Å². The van der Waals surface area contributed by atoms with E-state index < -0.39 is 5.91 Å². The highest BCUT2D eigenvalue weighted by Gasteiger charge is 2.18. The van der Waals surface area contributed by atoms with Gasteiger partial charge in [0.2, 0.25) is 5.88 Å². The molecule has 0 saturated carbocycles. The summed E-state index contributed by atoms with van der Waals surface area (Å²) in [6.07, 6.45) is 1.45. The van der Waals surface area contributed by atoms with Crippen LogP contribution in [0.4, 0.5) is 5.88 Å². The van der Waals surface area contributed by atoms with E-state index in [0.29, 0.717) is 24.6 Å². The van der Waals surface area contributed by atoms with Crippen LogP contribution in [0, 0.1) is 0 Å². The second-order valence-electron chi connectivity index (χ2n) is 5.75. The van der Waals surface area contributed by atoms with Gasteiger partial charge in [-0.15, -0.1) is 0 Å². The quantitative estimate of drug-likeness (QED) is 0.519. The first-order valence-electron chi connectivity index (χ1n) is 8.15. The van der Waals surface area contributed by atoms with E-state index in [0.717, 1.165) is 28.8 Å². The Kier molecular flexibility index (Phi) is 4.77. The number of halogens is 1. The van der Waals surface area contributed by atoms with Crippen molar-refractivity contribution in [3.63, 3.8) is 0 Å². The lowest BCUT2D eigenvalue weighted by molar-refractivity contribution is 0.0929. The minimum absolute atomic E-state index is 0.206. The van der Waals surface area contributed by atoms with Gasteiger partial charge >= 0.3 is 5.91 Å². The van der Waals surface area contributed by atoms with Crippen molar-refractivity contribution < 1.29 is 18.4 Å². The molecule has 0 aliphatic carbocycles. The molecule has 3 heterocycles. The van der Waals surface area contributed by atoms with Crippen molar-refractivity contribution in [1.29, 1.82) is 0 Å². The number of rotatable bonds is 4. The maximum absolute atomic E-state index is 12.1. The Hall–Kier alpha value is -2.58. The fourth-order valence-electron chi connectivity index (χ4n) is 2.73. The van der Waals surface area contributed by atoms with Crippen molar-refractivity contribution in [3.8, 4) is 0 Å². The molecule has 1 saturated heterocycles. The van der Waals surface area contributed by atoms with Gasteiger partial charge in [0.25, 0.3) is 0 Å². The maximum atomic E-state index is 12.1. The van der Waals surface area contributed by atoms with E-state index >= 15 is 0 Å². The fourth-order valence-corrected chi connectivity index (χ4v) is 3.28. The van der Waals surface area contributed by atoms with Gasteiger partial charge in [0.05, 0.1) is 23.9 Å². The lowest BCUT2D eigenvalue weighted by Crippen LogP contribution is -2.36. The van der Waals surface area contributed by atoms with E-state index in [2.05, 4.69) is 31.4 Å². The second-order valence-corrected chi connectivity index (χ2v) is 6.60. The summed E-state index contributed by atoms with van der Waals surface area (Å²) >= 11 is 3.49. The zero-order valence-electron chi connectivity index (χ0n) is 13.8. The molecule has 2 aromatic heterocycles. The second kappa shape index (κ2) is 7.35. The maximum Gasteiger partial charge on any atom is 0.307 e. The van der Waals surface area contributed by atoms with Crippen LogP contribution in [-0.2, 0) is 4.74 Å². The number of benzene rings is 1. The summed E-state index contributed by atoms with van der Waals surface area (Å²) in [6, 6.07) is 10.9. The van der Waals surface area contributed by atoms with Crippen molar-refractivity contribution >= 4 is 44.9 Å². The molecular formula is C18H16BrN3O4. The highest BCUT2D eigenvalue weighted by atomic mass is 79.9. The molecule has 4 rings (SSSR count). The summed E-state index contributed by atoms with van der Waals surface area (Å²) < 4.78 is 17.5. The lowest BCUT2D eigenvalue weighted by Gasteiger charge is -2.26. The van der Waals surface area contributed by atoms with Crippen LogP contribution in [0.15, 0.2) is 54.8 Å². The molecule has 1 amide bonds. The van der Waals surface area contributed by atoms with Crippen LogP contribution >= 0.6 is 15.9 Å². The molecule has 1 N–H and O–H groups in total. The van der Waals surface area contributed by atoms with Gasteiger partial charge in [0.1, 0.15) is 5.58 Å². The molecule has 1 fully saturated rings. The van der Waals surface area contributed by atoms with Crippen molar-refractivity contribution in [1.82, 2.24) is 5.43 Å². The number of carbonyl (C=O) groups is 1. The van der Waals surface area contributed by atoms with Crippen molar-refractivity contribution in [2.24, 2.45) is 5.10 Å². The Bertz CT molecular complexity index is 923. The summed E-state index contributed by atoms with van der Waals surface area (Å²) in [4.78, 5) is 14.2. The van der Waals surface area contributed by atoms with Crippen LogP contribution in [0.1, 0.15) is 16.3 Å². The van der Waals surface area contributed by atoms with Gasteiger partial charge in [0, 0.05) is 24.5 Å². The Morgan fingerprint density at radius 2 is 2.00 bits per heavy atom. The zero-order valence-corrected chi connectivity index (χ0v) is 15.4. The largest absolute Gasteiger partial charge is 0.451 e. The van der Waals surface area contributed by atoms with Crippen LogP contribution in [0.5, 0.6) is 0 Å². The number of nitrogens with zero attached hydrogens (tertiary/aromatic N) is 2. The molecule has 1 aliphatic heterocycles. The topological polar surface area (TPSA) is 80.2 Å². The average molecular weight is 418 g/mol. The summed E-state index contributed by atoms with van der Waals surface area (Å²) in [5.74, 6) is 1.05. The van der Waals surface area contributed by atoms with Gasteiger partial charge in [-0.1, -0.05) is 18.2 Å². The number of ether oxygens (including phenoxy) is 1. The molecule has 26 heavy (non-hydrogen) atoms. The van der Waals surface area contributed by atoms with Crippen molar-refractivity contribution in [2.45, 2.75) is 0 Å². The Morgan fingerprint density at radius 3 is 2.81 bits per heavy atom. The Labute approximate surface area is 157 Å². The minimum Gasteiger partial charge on any atom is -0.451 e. The fraction of sp³-hybridized carbons (Fsp3) is 0.222. The number of furan rings is 2. The number of para-hydroxylation sites is 1. The van der Waals surface area contributed by atoms with E-state index in [1.165, 1.54) is 6.21 Å². The van der Waals surface area contributed by atoms with Crippen molar-refractivity contribution in [3.05, 3.63) is 52.4 Å².